The van der Waals surface area contributed by atoms with Gasteiger partial charge in [0.1, 0.15) is 6.61 Å². The standard InChI is InChI=1S/C22H22N2O4S2/c1-14-6-4-7-18(15(14)2)24(16(3)25)22-23-17(13-30-22)12-28-21(27)10-9-19(26)20-8-5-11-29-20/h4-8,11,13H,9-10,12H2,1-3H3. The molecule has 0 aliphatic carbocycles. The van der Waals surface area contributed by atoms with Gasteiger partial charge in [0.25, 0.3) is 0 Å². The molecule has 0 fully saturated rings. The molecule has 3 rings (SSSR count). The highest BCUT2D eigenvalue weighted by Gasteiger charge is 2.20. The van der Waals surface area contributed by atoms with Gasteiger partial charge in [-0.05, 0) is 42.5 Å². The molecule has 0 atom stereocenters. The summed E-state index contributed by atoms with van der Waals surface area (Å²) < 4.78 is 5.25. The maximum atomic E-state index is 12.3. The maximum Gasteiger partial charge on any atom is 0.306 e. The summed E-state index contributed by atoms with van der Waals surface area (Å²) >= 11 is 2.67. The van der Waals surface area contributed by atoms with Crippen molar-refractivity contribution in [1.29, 1.82) is 0 Å². The van der Waals surface area contributed by atoms with Crippen molar-refractivity contribution in [1.82, 2.24) is 4.98 Å². The fourth-order valence-corrected chi connectivity index (χ4v) is 4.41. The number of aromatic nitrogens is 1. The van der Waals surface area contributed by atoms with Crippen molar-refractivity contribution < 1.29 is 19.1 Å². The molecule has 6 nitrogen and oxygen atoms in total. The normalized spacial score (nSPS) is 10.6. The molecule has 0 aliphatic heterocycles. The Kier molecular flexibility index (Phi) is 7.12. The Balaban J connectivity index is 1.61. The summed E-state index contributed by atoms with van der Waals surface area (Å²) in [4.78, 5) is 42.9. The molecular formula is C22H22N2O4S2. The second kappa shape index (κ2) is 9.77. The van der Waals surface area contributed by atoms with Gasteiger partial charge in [-0.1, -0.05) is 18.2 Å². The van der Waals surface area contributed by atoms with Crippen molar-refractivity contribution in [3.63, 3.8) is 0 Å². The summed E-state index contributed by atoms with van der Waals surface area (Å²) in [6, 6.07) is 9.33. The molecule has 30 heavy (non-hydrogen) atoms. The largest absolute Gasteiger partial charge is 0.459 e. The highest BCUT2D eigenvalue weighted by Crippen LogP contribution is 2.32. The minimum atomic E-state index is -0.451. The third kappa shape index (κ3) is 5.20. The van der Waals surface area contributed by atoms with Crippen LogP contribution in [-0.4, -0.2) is 22.6 Å². The zero-order valence-electron chi connectivity index (χ0n) is 17.0. The third-order valence-electron chi connectivity index (χ3n) is 4.60. The van der Waals surface area contributed by atoms with E-state index in [-0.39, 0.29) is 31.1 Å². The molecule has 0 bridgehead atoms. The molecule has 2 aromatic heterocycles. The maximum absolute atomic E-state index is 12.3. The molecule has 1 aromatic carbocycles. The number of ether oxygens (including phenoxy) is 1. The number of Topliss-reactive ketones (excluding diaryl/α,β-unsaturated/α-hetero) is 1. The van der Waals surface area contributed by atoms with E-state index in [0.29, 0.717) is 15.7 Å². The number of anilines is 2. The van der Waals surface area contributed by atoms with Gasteiger partial charge in [-0.25, -0.2) is 4.98 Å². The lowest BCUT2D eigenvalue weighted by atomic mass is 10.1. The van der Waals surface area contributed by atoms with E-state index >= 15 is 0 Å². The molecule has 0 spiro atoms. The van der Waals surface area contributed by atoms with Crippen LogP contribution in [0.2, 0.25) is 0 Å². The van der Waals surface area contributed by atoms with Gasteiger partial charge < -0.3 is 4.74 Å². The minimum Gasteiger partial charge on any atom is -0.459 e. The van der Waals surface area contributed by atoms with E-state index in [9.17, 15) is 14.4 Å². The van der Waals surface area contributed by atoms with E-state index in [2.05, 4.69) is 4.98 Å². The summed E-state index contributed by atoms with van der Waals surface area (Å²) in [5, 5.41) is 4.11. The topological polar surface area (TPSA) is 76.6 Å². The Morgan fingerprint density at radius 3 is 2.57 bits per heavy atom. The summed E-state index contributed by atoms with van der Waals surface area (Å²) in [7, 11) is 0. The Hall–Kier alpha value is -2.84. The summed E-state index contributed by atoms with van der Waals surface area (Å²) in [5.41, 5.74) is 3.44. The Morgan fingerprint density at radius 1 is 1.07 bits per heavy atom. The van der Waals surface area contributed by atoms with Crippen LogP contribution >= 0.6 is 22.7 Å². The molecule has 2 heterocycles. The number of thiophene rings is 1. The first-order chi connectivity index (χ1) is 14.4. The zero-order chi connectivity index (χ0) is 21.7. The number of rotatable bonds is 8. The van der Waals surface area contributed by atoms with Gasteiger partial charge in [0.15, 0.2) is 10.9 Å². The third-order valence-corrected chi connectivity index (χ3v) is 6.38. The van der Waals surface area contributed by atoms with Crippen LogP contribution in [0.25, 0.3) is 0 Å². The van der Waals surface area contributed by atoms with Gasteiger partial charge in [-0.2, -0.15) is 0 Å². The number of benzene rings is 1. The van der Waals surface area contributed by atoms with Crippen LogP contribution in [0, 0.1) is 13.8 Å². The van der Waals surface area contributed by atoms with Gasteiger partial charge in [-0.3, -0.25) is 19.3 Å². The van der Waals surface area contributed by atoms with Gasteiger partial charge in [0.05, 0.1) is 22.7 Å². The van der Waals surface area contributed by atoms with Crippen molar-refractivity contribution in [3.05, 3.63) is 62.8 Å². The fourth-order valence-electron chi connectivity index (χ4n) is 2.85. The molecule has 3 aromatic rings. The van der Waals surface area contributed by atoms with Crippen molar-refractivity contribution in [2.45, 2.75) is 40.2 Å². The molecule has 1 amide bonds. The van der Waals surface area contributed by atoms with Gasteiger partial charge in [-0.15, -0.1) is 22.7 Å². The number of aryl methyl sites for hydroxylation is 1. The first-order valence-corrected chi connectivity index (χ1v) is 11.2. The number of carbonyl (C=O) groups excluding carboxylic acids is 3. The number of hydrogen-bond donors (Lipinski definition) is 0. The SMILES string of the molecule is CC(=O)N(c1nc(COC(=O)CCC(=O)c2cccs2)cs1)c1cccc(C)c1C. The van der Waals surface area contributed by atoms with Crippen molar-refractivity contribution >= 4 is 51.2 Å². The molecule has 8 heteroatoms. The average Bonchev–Trinajstić information content (AvgIpc) is 3.40. The number of amides is 1. The molecule has 0 unspecified atom stereocenters. The number of ketones is 1. The Morgan fingerprint density at radius 2 is 1.87 bits per heavy atom. The highest BCUT2D eigenvalue weighted by molar-refractivity contribution is 7.14. The van der Waals surface area contributed by atoms with E-state index < -0.39 is 5.97 Å². The molecule has 0 aliphatic rings. The molecule has 0 radical (unpaired) electrons. The van der Waals surface area contributed by atoms with E-state index in [0.717, 1.165) is 16.8 Å². The highest BCUT2D eigenvalue weighted by atomic mass is 32.1. The predicted molar refractivity (Wildman–Crippen MR) is 119 cm³/mol. The predicted octanol–water partition coefficient (Wildman–Crippen LogP) is 5.21. The summed E-state index contributed by atoms with van der Waals surface area (Å²) in [5.74, 6) is -0.662. The molecule has 0 saturated heterocycles. The van der Waals surface area contributed by atoms with Crippen LogP contribution < -0.4 is 4.90 Å². The quantitative estimate of drug-likeness (QED) is 0.353. The number of nitrogens with zero attached hydrogens (tertiary/aromatic N) is 2. The van der Waals surface area contributed by atoms with Crippen LogP contribution in [0.3, 0.4) is 0 Å². The molecule has 156 valence electrons. The monoisotopic (exact) mass is 442 g/mol. The first kappa shape index (κ1) is 21.9. The Labute approximate surface area is 183 Å². The lowest BCUT2D eigenvalue weighted by Gasteiger charge is -2.21. The second-order valence-electron chi connectivity index (χ2n) is 6.76. The van der Waals surface area contributed by atoms with E-state index in [1.54, 1.807) is 22.4 Å². The zero-order valence-corrected chi connectivity index (χ0v) is 18.6. The van der Waals surface area contributed by atoms with Crippen LogP contribution in [0.15, 0.2) is 41.1 Å². The number of carbonyl (C=O) groups is 3. The molecule has 0 saturated carbocycles. The lowest BCUT2D eigenvalue weighted by Crippen LogP contribution is -2.23. The van der Waals surface area contributed by atoms with E-state index in [1.165, 1.54) is 29.6 Å². The lowest BCUT2D eigenvalue weighted by molar-refractivity contribution is -0.145. The second-order valence-corrected chi connectivity index (χ2v) is 8.54. The smallest absolute Gasteiger partial charge is 0.306 e. The van der Waals surface area contributed by atoms with Gasteiger partial charge >= 0.3 is 5.97 Å². The van der Waals surface area contributed by atoms with E-state index in [1.807, 2.05) is 37.4 Å². The first-order valence-electron chi connectivity index (χ1n) is 9.40. The average molecular weight is 443 g/mol. The van der Waals surface area contributed by atoms with Crippen LogP contribution in [0.5, 0.6) is 0 Å². The summed E-state index contributed by atoms with van der Waals surface area (Å²) in [6.07, 6.45) is 0.141. The van der Waals surface area contributed by atoms with Crippen molar-refractivity contribution in [2.24, 2.45) is 0 Å². The number of hydrogen-bond acceptors (Lipinski definition) is 7. The number of thiazole rings is 1. The van der Waals surface area contributed by atoms with Gasteiger partial charge in [0.2, 0.25) is 5.91 Å². The van der Waals surface area contributed by atoms with Crippen LogP contribution in [-0.2, 0) is 20.9 Å². The molecular weight excluding hydrogens is 420 g/mol. The van der Waals surface area contributed by atoms with Gasteiger partial charge in [0, 0.05) is 18.7 Å². The number of esters is 1. The minimum absolute atomic E-state index is 0.00106. The van der Waals surface area contributed by atoms with Crippen molar-refractivity contribution in [3.8, 4) is 0 Å². The van der Waals surface area contributed by atoms with E-state index in [4.69, 9.17) is 4.74 Å². The molecule has 0 N–H and O–H groups in total. The summed E-state index contributed by atoms with van der Waals surface area (Å²) in [6.45, 7) is 5.45. The van der Waals surface area contributed by atoms with Crippen LogP contribution in [0.4, 0.5) is 10.8 Å². The fraction of sp³-hybridized carbons (Fsp3) is 0.273. The van der Waals surface area contributed by atoms with Crippen LogP contribution in [0.1, 0.15) is 46.3 Å². The Bertz CT molecular complexity index is 1060. The van der Waals surface area contributed by atoms with Crippen molar-refractivity contribution in [2.75, 3.05) is 4.90 Å².